The first kappa shape index (κ1) is 17.6. The number of imide groups is 1. The number of urea groups is 1. The SMILES string of the molecule is CCCc1cc2c(cc1NC(=O)CN1C(=O)N[C@@](C)(C3CC3)C1=O)OCO2. The lowest BCUT2D eigenvalue weighted by Gasteiger charge is -2.21. The van der Waals surface area contributed by atoms with E-state index in [9.17, 15) is 14.4 Å². The van der Waals surface area contributed by atoms with Crippen molar-refractivity contribution in [1.82, 2.24) is 10.2 Å². The van der Waals surface area contributed by atoms with Crippen LogP contribution in [0.15, 0.2) is 12.1 Å². The molecule has 1 aromatic carbocycles. The van der Waals surface area contributed by atoms with Crippen LogP contribution >= 0.6 is 0 Å². The number of ether oxygens (including phenoxy) is 2. The van der Waals surface area contributed by atoms with Crippen molar-refractivity contribution in [3.63, 3.8) is 0 Å². The van der Waals surface area contributed by atoms with Gasteiger partial charge in [-0.05, 0) is 43.7 Å². The van der Waals surface area contributed by atoms with Crippen molar-refractivity contribution in [1.29, 1.82) is 0 Å². The van der Waals surface area contributed by atoms with E-state index < -0.39 is 17.5 Å². The molecule has 8 heteroatoms. The molecule has 2 heterocycles. The van der Waals surface area contributed by atoms with Crippen LogP contribution in [-0.2, 0) is 16.0 Å². The van der Waals surface area contributed by atoms with Crippen molar-refractivity contribution < 1.29 is 23.9 Å². The summed E-state index contributed by atoms with van der Waals surface area (Å²) in [6.07, 6.45) is 3.49. The number of aryl methyl sites for hydroxylation is 1. The van der Waals surface area contributed by atoms with Crippen molar-refractivity contribution in [2.45, 2.75) is 45.1 Å². The van der Waals surface area contributed by atoms with Crippen LogP contribution in [0, 0.1) is 5.92 Å². The van der Waals surface area contributed by atoms with E-state index in [1.54, 1.807) is 13.0 Å². The number of carbonyl (C=O) groups excluding carboxylic acids is 3. The van der Waals surface area contributed by atoms with E-state index in [0.717, 1.165) is 36.1 Å². The Morgan fingerprint density at radius 1 is 1.30 bits per heavy atom. The third-order valence-electron chi connectivity index (χ3n) is 5.39. The van der Waals surface area contributed by atoms with Crippen LogP contribution in [0.2, 0.25) is 0 Å². The summed E-state index contributed by atoms with van der Waals surface area (Å²) in [6.45, 7) is 3.62. The van der Waals surface area contributed by atoms with Crippen LogP contribution in [-0.4, -0.2) is 41.6 Å². The molecular formula is C19H23N3O5. The van der Waals surface area contributed by atoms with E-state index >= 15 is 0 Å². The first-order chi connectivity index (χ1) is 12.9. The second-order valence-electron chi connectivity index (χ2n) is 7.46. The second-order valence-corrected chi connectivity index (χ2v) is 7.46. The van der Waals surface area contributed by atoms with Crippen molar-refractivity contribution in [3.05, 3.63) is 17.7 Å². The summed E-state index contributed by atoms with van der Waals surface area (Å²) >= 11 is 0. The summed E-state index contributed by atoms with van der Waals surface area (Å²) in [4.78, 5) is 38.4. The Kier molecular flexibility index (Phi) is 4.20. The van der Waals surface area contributed by atoms with E-state index in [4.69, 9.17) is 9.47 Å². The maximum atomic E-state index is 12.7. The molecule has 0 aromatic heterocycles. The molecule has 1 saturated carbocycles. The highest BCUT2D eigenvalue weighted by Gasteiger charge is 2.56. The van der Waals surface area contributed by atoms with Crippen LogP contribution in [0.3, 0.4) is 0 Å². The first-order valence-electron chi connectivity index (χ1n) is 9.29. The van der Waals surface area contributed by atoms with E-state index in [2.05, 4.69) is 10.6 Å². The number of rotatable bonds is 6. The molecular weight excluding hydrogens is 350 g/mol. The van der Waals surface area contributed by atoms with Gasteiger partial charge in [-0.15, -0.1) is 0 Å². The van der Waals surface area contributed by atoms with Gasteiger partial charge in [-0.1, -0.05) is 13.3 Å². The molecule has 144 valence electrons. The van der Waals surface area contributed by atoms with Crippen LogP contribution in [0.5, 0.6) is 11.5 Å². The normalized spacial score (nSPS) is 23.6. The number of anilines is 1. The molecule has 1 aromatic rings. The largest absolute Gasteiger partial charge is 0.454 e. The third kappa shape index (κ3) is 3.09. The molecule has 1 saturated heterocycles. The molecule has 1 atom stereocenters. The molecule has 2 N–H and O–H groups in total. The van der Waals surface area contributed by atoms with Crippen LogP contribution in [0.25, 0.3) is 0 Å². The topological polar surface area (TPSA) is 97.0 Å². The number of benzene rings is 1. The molecule has 0 radical (unpaired) electrons. The predicted molar refractivity (Wildman–Crippen MR) is 96.6 cm³/mol. The van der Waals surface area contributed by atoms with Gasteiger partial charge in [-0.2, -0.15) is 0 Å². The summed E-state index contributed by atoms with van der Waals surface area (Å²) in [5.74, 6) is 0.638. The fourth-order valence-corrected chi connectivity index (χ4v) is 3.71. The maximum Gasteiger partial charge on any atom is 0.325 e. The van der Waals surface area contributed by atoms with Crippen molar-refractivity contribution >= 4 is 23.5 Å². The number of nitrogens with zero attached hydrogens (tertiary/aromatic N) is 1. The van der Waals surface area contributed by atoms with E-state index in [1.807, 2.05) is 13.0 Å². The second kappa shape index (κ2) is 6.44. The number of nitrogens with one attached hydrogen (secondary N) is 2. The predicted octanol–water partition coefficient (Wildman–Crippen LogP) is 2.03. The van der Waals surface area contributed by atoms with Gasteiger partial charge in [-0.25, -0.2) is 4.79 Å². The third-order valence-corrected chi connectivity index (χ3v) is 5.39. The van der Waals surface area contributed by atoms with Gasteiger partial charge in [0.1, 0.15) is 12.1 Å². The maximum absolute atomic E-state index is 12.7. The summed E-state index contributed by atoms with van der Waals surface area (Å²) < 4.78 is 10.8. The molecule has 0 spiro atoms. The number of hydrogen-bond donors (Lipinski definition) is 2. The van der Waals surface area contributed by atoms with E-state index in [1.165, 1.54) is 0 Å². The first-order valence-corrected chi connectivity index (χ1v) is 9.29. The fourth-order valence-electron chi connectivity index (χ4n) is 3.71. The Labute approximate surface area is 157 Å². The lowest BCUT2D eigenvalue weighted by atomic mass is 9.96. The van der Waals surface area contributed by atoms with Crippen LogP contribution in [0.1, 0.15) is 38.7 Å². The van der Waals surface area contributed by atoms with Gasteiger partial charge in [0, 0.05) is 11.8 Å². The van der Waals surface area contributed by atoms with Gasteiger partial charge >= 0.3 is 6.03 Å². The minimum atomic E-state index is -0.885. The number of carbonyl (C=O) groups is 3. The Hall–Kier alpha value is -2.77. The monoisotopic (exact) mass is 373 g/mol. The molecule has 2 fully saturated rings. The molecule has 8 nitrogen and oxygen atoms in total. The lowest BCUT2D eigenvalue weighted by molar-refractivity contribution is -0.134. The van der Waals surface area contributed by atoms with Crippen molar-refractivity contribution in [3.8, 4) is 11.5 Å². The summed E-state index contributed by atoms with van der Waals surface area (Å²) in [7, 11) is 0. The highest BCUT2D eigenvalue weighted by molar-refractivity contribution is 6.10. The quantitative estimate of drug-likeness (QED) is 0.744. The minimum Gasteiger partial charge on any atom is -0.454 e. The summed E-state index contributed by atoms with van der Waals surface area (Å²) in [5, 5.41) is 5.56. The summed E-state index contributed by atoms with van der Waals surface area (Å²) in [5.41, 5.74) is 0.655. The average Bonchev–Trinajstić information content (AvgIpc) is 3.35. The number of amides is 4. The van der Waals surface area contributed by atoms with Crippen molar-refractivity contribution in [2.75, 3.05) is 18.7 Å². The van der Waals surface area contributed by atoms with E-state index in [-0.39, 0.29) is 25.2 Å². The van der Waals surface area contributed by atoms with Crippen molar-refractivity contribution in [2.24, 2.45) is 5.92 Å². The number of hydrogen-bond acceptors (Lipinski definition) is 5. The highest BCUT2D eigenvalue weighted by atomic mass is 16.7. The van der Waals surface area contributed by atoms with E-state index in [0.29, 0.717) is 17.2 Å². The molecule has 0 unspecified atom stereocenters. The summed E-state index contributed by atoms with van der Waals surface area (Å²) in [6, 6.07) is 3.08. The molecule has 0 bridgehead atoms. The Morgan fingerprint density at radius 3 is 2.67 bits per heavy atom. The zero-order valence-electron chi connectivity index (χ0n) is 15.5. The molecule has 4 amide bonds. The molecule has 2 aliphatic heterocycles. The molecule has 1 aliphatic carbocycles. The Bertz CT molecular complexity index is 820. The van der Waals surface area contributed by atoms with Crippen LogP contribution in [0.4, 0.5) is 10.5 Å². The fraction of sp³-hybridized carbons (Fsp3) is 0.526. The van der Waals surface area contributed by atoms with Gasteiger partial charge in [0.25, 0.3) is 5.91 Å². The number of fused-ring (bicyclic) bond motifs is 1. The van der Waals surface area contributed by atoms with Gasteiger partial charge in [-0.3, -0.25) is 14.5 Å². The molecule has 27 heavy (non-hydrogen) atoms. The zero-order valence-corrected chi connectivity index (χ0v) is 15.5. The van der Waals surface area contributed by atoms with Gasteiger partial charge in [0.15, 0.2) is 11.5 Å². The standard InChI is InChI=1S/C19H23N3O5/c1-3-4-11-7-14-15(27-10-26-14)8-13(11)20-16(23)9-22-17(24)19(2,12-5-6-12)21-18(22)25/h7-8,12H,3-6,9-10H2,1-2H3,(H,20,23)(H,21,25)/t19-/m0/s1. The van der Waals surface area contributed by atoms with Gasteiger partial charge in [0.2, 0.25) is 12.7 Å². The van der Waals surface area contributed by atoms with Gasteiger partial charge < -0.3 is 20.1 Å². The lowest BCUT2D eigenvalue weighted by Crippen LogP contribution is -2.46. The Balaban J connectivity index is 1.48. The smallest absolute Gasteiger partial charge is 0.325 e. The molecule has 4 rings (SSSR count). The average molecular weight is 373 g/mol. The Morgan fingerprint density at radius 2 is 2.00 bits per heavy atom. The van der Waals surface area contributed by atoms with Crippen LogP contribution < -0.4 is 20.1 Å². The zero-order chi connectivity index (χ0) is 19.2. The molecule has 3 aliphatic rings. The minimum absolute atomic E-state index is 0.153. The van der Waals surface area contributed by atoms with Gasteiger partial charge in [0.05, 0.1) is 0 Å². The highest BCUT2D eigenvalue weighted by Crippen LogP contribution is 2.42.